The number of halogens is 1. The van der Waals surface area contributed by atoms with Crippen molar-refractivity contribution in [3.63, 3.8) is 0 Å². The van der Waals surface area contributed by atoms with E-state index in [1.165, 1.54) is 12.1 Å². The Morgan fingerprint density at radius 2 is 2.14 bits per heavy atom. The lowest BCUT2D eigenvalue weighted by atomic mass is 9.79. The average molecular weight is 293 g/mol. The molecule has 0 aromatic heterocycles. The Kier molecular flexibility index (Phi) is 3.95. The van der Waals surface area contributed by atoms with E-state index >= 15 is 0 Å². The first-order chi connectivity index (χ1) is 10.1. The van der Waals surface area contributed by atoms with Gasteiger partial charge in [0.1, 0.15) is 11.9 Å². The van der Waals surface area contributed by atoms with Crippen LogP contribution >= 0.6 is 0 Å². The molecule has 1 aromatic rings. The van der Waals surface area contributed by atoms with Crippen LogP contribution in [0, 0.1) is 11.2 Å². The maximum atomic E-state index is 12.8. The number of hydrogen-bond donors (Lipinski definition) is 0. The molecule has 1 aromatic carbocycles. The minimum Gasteiger partial charge on any atom is -0.381 e. The van der Waals surface area contributed by atoms with E-state index in [-0.39, 0.29) is 17.1 Å². The summed E-state index contributed by atoms with van der Waals surface area (Å²) >= 11 is 0. The molecule has 0 N–H and O–H groups in total. The number of nitrogens with zero attached hydrogens (tertiary/aromatic N) is 1. The first-order valence-corrected chi connectivity index (χ1v) is 7.31. The number of hydrogen-bond acceptors (Lipinski definition) is 3. The van der Waals surface area contributed by atoms with Crippen LogP contribution in [0.4, 0.5) is 4.39 Å². The number of likely N-dealkylation sites (tertiary alicyclic amines) is 1. The van der Waals surface area contributed by atoms with Crippen molar-refractivity contribution in [1.82, 2.24) is 4.90 Å². The standard InChI is InChI=1S/C16H20FNO3/c1-12(21-8-13-2-4-14(17)5-3-13)15(19)18-9-16(10-18)6-7-20-11-16/h2-5,12H,6-11H2,1H3. The zero-order valence-corrected chi connectivity index (χ0v) is 12.2. The fraction of sp³-hybridized carbons (Fsp3) is 0.562. The molecule has 1 atom stereocenters. The van der Waals surface area contributed by atoms with Crippen LogP contribution in [0.3, 0.4) is 0 Å². The van der Waals surface area contributed by atoms with Crippen molar-refractivity contribution in [2.75, 3.05) is 26.3 Å². The summed E-state index contributed by atoms with van der Waals surface area (Å²) in [7, 11) is 0. The number of benzene rings is 1. The van der Waals surface area contributed by atoms with Gasteiger partial charge in [0.2, 0.25) is 0 Å². The second kappa shape index (κ2) is 5.73. The van der Waals surface area contributed by atoms with Crippen LogP contribution in [-0.4, -0.2) is 43.2 Å². The van der Waals surface area contributed by atoms with Crippen molar-refractivity contribution < 1.29 is 18.7 Å². The molecule has 2 heterocycles. The van der Waals surface area contributed by atoms with Gasteiger partial charge in [-0.1, -0.05) is 12.1 Å². The minimum atomic E-state index is -0.477. The van der Waals surface area contributed by atoms with Crippen molar-refractivity contribution in [2.24, 2.45) is 5.41 Å². The van der Waals surface area contributed by atoms with E-state index in [0.29, 0.717) is 6.61 Å². The highest BCUT2D eigenvalue weighted by molar-refractivity contribution is 5.81. The van der Waals surface area contributed by atoms with E-state index in [1.807, 2.05) is 4.90 Å². The van der Waals surface area contributed by atoms with Crippen LogP contribution in [0.1, 0.15) is 18.9 Å². The zero-order chi connectivity index (χ0) is 14.9. The fourth-order valence-electron chi connectivity index (χ4n) is 2.95. The van der Waals surface area contributed by atoms with Gasteiger partial charge in [0, 0.05) is 25.1 Å². The molecule has 5 heteroatoms. The lowest BCUT2D eigenvalue weighted by Crippen LogP contribution is -2.60. The van der Waals surface area contributed by atoms with Gasteiger partial charge in [0.15, 0.2) is 0 Å². The van der Waals surface area contributed by atoms with E-state index < -0.39 is 6.10 Å². The molecule has 2 aliphatic rings. The second-order valence-corrected chi connectivity index (χ2v) is 6.08. The van der Waals surface area contributed by atoms with Gasteiger partial charge in [0.25, 0.3) is 5.91 Å². The molecule has 0 saturated carbocycles. The van der Waals surface area contributed by atoms with Gasteiger partial charge in [-0.2, -0.15) is 0 Å². The Balaban J connectivity index is 1.46. The predicted molar refractivity (Wildman–Crippen MR) is 75.1 cm³/mol. The van der Waals surface area contributed by atoms with Crippen LogP contribution in [0.2, 0.25) is 0 Å². The normalized spacial score (nSPS) is 21.3. The van der Waals surface area contributed by atoms with E-state index in [1.54, 1.807) is 19.1 Å². The molecule has 2 fully saturated rings. The molecule has 21 heavy (non-hydrogen) atoms. The van der Waals surface area contributed by atoms with Crippen molar-refractivity contribution >= 4 is 5.91 Å². The Labute approximate surface area is 123 Å². The molecule has 4 nitrogen and oxygen atoms in total. The van der Waals surface area contributed by atoms with Crippen LogP contribution in [0.5, 0.6) is 0 Å². The predicted octanol–water partition coefficient (Wildman–Crippen LogP) is 1.98. The number of carbonyl (C=O) groups excluding carboxylic acids is 1. The van der Waals surface area contributed by atoms with Crippen LogP contribution in [-0.2, 0) is 20.9 Å². The largest absolute Gasteiger partial charge is 0.381 e. The quantitative estimate of drug-likeness (QED) is 0.852. The second-order valence-electron chi connectivity index (χ2n) is 6.08. The third-order valence-corrected chi connectivity index (χ3v) is 4.31. The molecular weight excluding hydrogens is 273 g/mol. The Bertz CT molecular complexity index is 503. The summed E-state index contributed by atoms with van der Waals surface area (Å²) in [6, 6.07) is 6.12. The third-order valence-electron chi connectivity index (χ3n) is 4.31. The number of carbonyl (C=O) groups is 1. The van der Waals surface area contributed by atoms with Crippen molar-refractivity contribution in [1.29, 1.82) is 0 Å². The SMILES string of the molecule is CC(OCc1ccc(F)cc1)C(=O)N1CC2(CCOC2)C1. The maximum absolute atomic E-state index is 12.8. The molecule has 2 saturated heterocycles. The molecule has 1 unspecified atom stereocenters. The third kappa shape index (κ3) is 3.09. The molecule has 0 bridgehead atoms. The summed E-state index contributed by atoms with van der Waals surface area (Å²) < 4.78 is 23.8. The molecule has 114 valence electrons. The molecular formula is C16H20FNO3. The molecule has 1 amide bonds. The first-order valence-electron chi connectivity index (χ1n) is 7.31. The smallest absolute Gasteiger partial charge is 0.251 e. The summed E-state index contributed by atoms with van der Waals surface area (Å²) in [5.41, 5.74) is 1.06. The van der Waals surface area contributed by atoms with E-state index in [2.05, 4.69) is 0 Å². The Morgan fingerprint density at radius 1 is 1.43 bits per heavy atom. The van der Waals surface area contributed by atoms with Gasteiger partial charge in [-0.25, -0.2) is 4.39 Å². The van der Waals surface area contributed by atoms with Gasteiger partial charge in [-0.15, -0.1) is 0 Å². The number of rotatable bonds is 4. The topological polar surface area (TPSA) is 38.8 Å². The maximum Gasteiger partial charge on any atom is 0.251 e. The van der Waals surface area contributed by atoms with E-state index in [9.17, 15) is 9.18 Å². The monoisotopic (exact) mass is 293 g/mol. The summed E-state index contributed by atoms with van der Waals surface area (Å²) in [6.07, 6.45) is 0.566. The Hall–Kier alpha value is -1.46. The number of amides is 1. The molecule has 0 radical (unpaired) electrons. The fourth-order valence-corrected chi connectivity index (χ4v) is 2.95. The van der Waals surface area contributed by atoms with Crippen molar-refractivity contribution in [3.05, 3.63) is 35.6 Å². The van der Waals surface area contributed by atoms with E-state index in [0.717, 1.165) is 38.3 Å². The van der Waals surface area contributed by atoms with Gasteiger partial charge < -0.3 is 14.4 Å². The average Bonchev–Trinajstić information content (AvgIpc) is 2.94. The van der Waals surface area contributed by atoms with Gasteiger partial charge in [0.05, 0.1) is 13.2 Å². The van der Waals surface area contributed by atoms with Crippen LogP contribution in [0.15, 0.2) is 24.3 Å². The molecule has 3 rings (SSSR count). The lowest BCUT2D eigenvalue weighted by molar-refractivity contribution is -0.155. The van der Waals surface area contributed by atoms with Gasteiger partial charge in [-0.3, -0.25) is 4.79 Å². The van der Waals surface area contributed by atoms with Crippen LogP contribution < -0.4 is 0 Å². The molecule has 1 spiro atoms. The van der Waals surface area contributed by atoms with Crippen molar-refractivity contribution in [3.8, 4) is 0 Å². The van der Waals surface area contributed by atoms with E-state index in [4.69, 9.17) is 9.47 Å². The Morgan fingerprint density at radius 3 is 2.76 bits per heavy atom. The zero-order valence-electron chi connectivity index (χ0n) is 12.2. The highest BCUT2D eigenvalue weighted by Gasteiger charge is 2.48. The number of ether oxygens (including phenoxy) is 2. The molecule has 0 aliphatic carbocycles. The van der Waals surface area contributed by atoms with Crippen LogP contribution in [0.25, 0.3) is 0 Å². The van der Waals surface area contributed by atoms with Gasteiger partial charge >= 0.3 is 0 Å². The summed E-state index contributed by atoms with van der Waals surface area (Å²) in [5, 5.41) is 0. The first kappa shape index (κ1) is 14.5. The van der Waals surface area contributed by atoms with Gasteiger partial charge in [-0.05, 0) is 31.0 Å². The summed E-state index contributed by atoms with van der Waals surface area (Å²) in [5.74, 6) is -0.248. The highest BCUT2D eigenvalue weighted by atomic mass is 19.1. The highest BCUT2D eigenvalue weighted by Crippen LogP contribution is 2.38. The lowest BCUT2D eigenvalue weighted by Gasteiger charge is -2.47. The minimum absolute atomic E-state index is 0.0228. The molecule has 2 aliphatic heterocycles. The summed E-state index contributed by atoms with van der Waals surface area (Å²) in [4.78, 5) is 14.1. The van der Waals surface area contributed by atoms with Crippen molar-refractivity contribution in [2.45, 2.75) is 26.1 Å². The summed E-state index contributed by atoms with van der Waals surface area (Å²) in [6.45, 7) is 5.20.